The summed E-state index contributed by atoms with van der Waals surface area (Å²) in [5.74, 6) is -2.94. The van der Waals surface area contributed by atoms with Gasteiger partial charge in [-0.1, -0.05) is 36.4 Å². The highest BCUT2D eigenvalue weighted by Gasteiger charge is 2.31. The van der Waals surface area contributed by atoms with E-state index in [1.54, 1.807) is 32.0 Å². The van der Waals surface area contributed by atoms with Crippen LogP contribution in [0.15, 0.2) is 66.7 Å². The minimum atomic E-state index is -1.33. The number of carbonyl (C=O) groups excluding carboxylic acids is 2. The maximum Gasteiger partial charge on any atom is 0.336 e. The van der Waals surface area contributed by atoms with Crippen LogP contribution in [0.2, 0.25) is 0 Å². The Labute approximate surface area is 177 Å². The summed E-state index contributed by atoms with van der Waals surface area (Å²) in [6, 6.07) is 15.9. The molecular weight excluding hydrogens is 400 g/mol. The fraction of sp³-hybridized carbons (Fsp3) is 0.0870. The topological polar surface area (TPSA) is 118 Å². The summed E-state index contributed by atoms with van der Waals surface area (Å²) >= 11 is 0. The summed E-state index contributed by atoms with van der Waals surface area (Å²) in [7, 11) is 0. The third kappa shape index (κ3) is 4.18. The Morgan fingerprint density at radius 1 is 0.806 bits per heavy atom. The molecule has 0 saturated carbocycles. The number of aryl methyl sites for hydroxylation is 2. The number of carboxylic acid groups (broad SMARTS) is 1. The highest BCUT2D eigenvalue weighted by atomic mass is 16.6. The first-order valence-electron chi connectivity index (χ1n) is 9.24. The zero-order chi connectivity index (χ0) is 22.7. The van der Waals surface area contributed by atoms with E-state index in [2.05, 4.69) is 0 Å². The molecule has 0 radical (unpaired) electrons. The monoisotopic (exact) mass is 418 g/mol. The summed E-state index contributed by atoms with van der Waals surface area (Å²) in [4.78, 5) is 50.1. The highest BCUT2D eigenvalue weighted by molar-refractivity contribution is 6.27. The highest BCUT2D eigenvalue weighted by Crippen LogP contribution is 2.29. The van der Waals surface area contributed by atoms with E-state index in [1.165, 1.54) is 42.5 Å². The number of hydrogen-bond donors (Lipinski definition) is 1. The van der Waals surface area contributed by atoms with Gasteiger partial charge >= 0.3 is 5.97 Å². The number of imide groups is 1. The summed E-state index contributed by atoms with van der Waals surface area (Å²) in [5, 5.41) is 20.8. The summed E-state index contributed by atoms with van der Waals surface area (Å²) in [5.41, 5.74) is 0.472. The summed E-state index contributed by atoms with van der Waals surface area (Å²) in [6.07, 6.45) is 0. The largest absolute Gasteiger partial charge is 0.478 e. The molecule has 0 aliphatic rings. The van der Waals surface area contributed by atoms with Crippen molar-refractivity contribution in [3.63, 3.8) is 0 Å². The minimum Gasteiger partial charge on any atom is -0.478 e. The average molecular weight is 418 g/mol. The number of amides is 2. The molecule has 8 heteroatoms. The van der Waals surface area contributed by atoms with Gasteiger partial charge in [-0.15, -0.1) is 0 Å². The number of nitro benzene ring substituents is 1. The molecule has 0 spiro atoms. The van der Waals surface area contributed by atoms with Gasteiger partial charge in [-0.3, -0.25) is 19.7 Å². The molecule has 0 heterocycles. The van der Waals surface area contributed by atoms with Gasteiger partial charge < -0.3 is 5.11 Å². The second kappa shape index (κ2) is 8.58. The molecule has 156 valence electrons. The van der Waals surface area contributed by atoms with Crippen molar-refractivity contribution < 1.29 is 24.4 Å². The van der Waals surface area contributed by atoms with Crippen molar-refractivity contribution in [2.75, 3.05) is 4.90 Å². The lowest BCUT2D eigenvalue weighted by molar-refractivity contribution is -0.384. The number of carboxylic acids is 1. The normalized spacial score (nSPS) is 10.4. The van der Waals surface area contributed by atoms with Crippen LogP contribution < -0.4 is 4.90 Å². The molecule has 8 nitrogen and oxygen atoms in total. The SMILES string of the molecule is Cc1ccccc1C(=O)N(C(=O)c1ccccc1C(=O)O)c1cc([N+](=O)[O-])ccc1C. The van der Waals surface area contributed by atoms with Crippen LogP contribution >= 0.6 is 0 Å². The minimum absolute atomic E-state index is 0.00708. The van der Waals surface area contributed by atoms with Crippen LogP contribution in [-0.2, 0) is 0 Å². The quantitative estimate of drug-likeness (QED) is 0.373. The molecule has 0 saturated heterocycles. The molecule has 0 aromatic heterocycles. The number of rotatable bonds is 5. The number of hydrogen-bond acceptors (Lipinski definition) is 5. The van der Waals surface area contributed by atoms with Crippen molar-refractivity contribution >= 4 is 29.2 Å². The zero-order valence-corrected chi connectivity index (χ0v) is 16.7. The van der Waals surface area contributed by atoms with Crippen molar-refractivity contribution in [3.05, 3.63) is 105 Å². The van der Waals surface area contributed by atoms with E-state index in [0.29, 0.717) is 11.1 Å². The molecule has 3 rings (SSSR count). The van der Waals surface area contributed by atoms with E-state index >= 15 is 0 Å². The first kappa shape index (κ1) is 21.4. The molecule has 3 aromatic carbocycles. The summed E-state index contributed by atoms with van der Waals surface area (Å²) in [6.45, 7) is 3.30. The molecule has 3 aromatic rings. The smallest absolute Gasteiger partial charge is 0.336 e. The fourth-order valence-electron chi connectivity index (χ4n) is 3.17. The van der Waals surface area contributed by atoms with Crippen molar-refractivity contribution in [2.45, 2.75) is 13.8 Å². The number of nitrogens with zero attached hydrogens (tertiary/aromatic N) is 2. The van der Waals surface area contributed by atoms with Gasteiger partial charge in [0.1, 0.15) is 0 Å². The standard InChI is InChI=1S/C23H18N2O6/c1-14-7-3-4-8-17(14)21(26)24(20-13-16(25(30)31)12-11-15(20)2)22(27)18-9-5-6-10-19(18)23(28)29/h3-13H,1-2H3,(H,28,29). The van der Waals surface area contributed by atoms with Crippen LogP contribution in [0.3, 0.4) is 0 Å². The fourth-order valence-corrected chi connectivity index (χ4v) is 3.17. The predicted molar refractivity (Wildman–Crippen MR) is 114 cm³/mol. The number of carbonyl (C=O) groups is 3. The van der Waals surface area contributed by atoms with Crippen molar-refractivity contribution in [1.29, 1.82) is 0 Å². The Morgan fingerprint density at radius 3 is 1.94 bits per heavy atom. The number of nitro groups is 1. The number of aromatic carboxylic acids is 1. The lowest BCUT2D eigenvalue weighted by atomic mass is 10.0. The third-order valence-corrected chi connectivity index (χ3v) is 4.81. The zero-order valence-electron chi connectivity index (χ0n) is 16.7. The van der Waals surface area contributed by atoms with Gasteiger partial charge in [-0.05, 0) is 43.2 Å². The van der Waals surface area contributed by atoms with Crippen LogP contribution in [-0.4, -0.2) is 27.8 Å². The number of non-ortho nitro benzene ring substituents is 1. The van der Waals surface area contributed by atoms with Gasteiger partial charge in [0.15, 0.2) is 0 Å². The van der Waals surface area contributed by atoms with E-state index < -0.39 is 22.7 Å². The second-order valence-corrected chi connectivity index (χ2v) is 6.84. The van der Waals surface area contributed by atoms with Gasteiger partial charge in [-0.2, -0.15) is 0 Å². The Kier molecular flexibility index (Phi) is 5.92. The molecule has 0 aliphatic carbocycles. The van der Waals surface area contributed by atoms with Crippen molar-refractivity contribution in [1.82, 2.24) is 0 Å². The maximum atomic E-state index is 13.5. The van der Waals surface area contributed by atoms with Crippen LogP contribution in [0.4, 0.5) is 11.4 Å². The Bertz CT molecular complexity index is 1220. The molecule has 0 aliphatic heterocycles. The predicted octanol–water partition coefficient (Wildman–Crippen LogP) is 4.40. The van der Waals surface area contributed by atoms with Gasteiger partial charge in [0.25, 0.3) is 17.5 Å². The molecule has 0 fully saturated rings. The number of benzene rings is 3. The van der Waals surface area contributed by atoms with E-state index in [-0.39, 0.29) is 28.1 Å². The number of anilines is 1. The van der Waals surface area contributed by atoms with Gasteiger partial charge in [0, 0.05) is 17.7 Å². The molecule has 0 unspecified atom stereocenters. The molecule has 0 atom stereocenters. The Hall–Kier alpha value is -4.33. The van der Waals surface area contributed by atoms with Gasteiger partial charge in [0.05, 0.1) is 21.7 Å². The summed E-state index contributed by atoms with van der Waals surface area (Å²) < 4.78 is 0. The van der Waals surface area contributed by atoms with E-state index in [9.17, 15) is 29.6 Å². The van der Waals surface area contributed by atoms with Crippen molar-refractivity contribution in [3.8, 4) is 0 Å². The molecule has 31 heavy (non-hydrogen) atoms. The lowest BCUT2D eigenvalue weighted by Crippen LogP contribution is -2.38. The average Bonchev–Trinajstić information content (AvgIpc) is 2.75. The molecular formula is C23H18N2O6. The molecule has 2 amide bonds. The van der Waals surface area contributed by atoms with Crippen LogP contribution in [0.5, 0.6) is 0 Å². The van der Waals surface area contributed by atoms with Crippen LogP contribution in [0.25, 0.3) is 0 Å². The first-order chi connectivity index (χ1) is 14.7. The maximum absolute atomic E-state index is 13.5. The van der Waals surface area contributed by atoms with E-state index in [4.69, 9.17) is 0 Å². The first-order valence-corrected chi connectivity index (χ1v) is 9.24. The van der Waals surface area contributed by atoms with Gasteiger partial charge in [-0.25, -0.2) is 9.69 Å². The van der Waals surface area contributed by atoms with Crippen LogP contribution in [0.1, 0.15) is 42.2 Å². The van der Waals surface area contributed by atoms with Crippen molar-refractivity contribution in [2.24, 2.45) is 0 Å². The third-order valence-electron chi connectivity index (χ3n) is 4.81. The van der Waals surface area contributed by atoms with Gasteiger partial charge in [0.2, 0.25) is 0 Å². The van der Waals surface area contributed by atoms with E-state index in [0.717, 1.165) is 11.0 Å². The van der Waals surface area contributed by atoms with Crippen LogP contribution in [0, 0.1) is 24.0 Å². The Balaban J connectivity index is 2.26. The second-order valence-electron chi connectivity index (χ2n) is 6.84. The molecule has 1 N–H and O–H groups in total. The molecule has 0 bridgehead atoms. The lowest BCUT2D eigenvalue weighted by Gasteiger charge is -2.24. The Morgan fingerprint density at radius 2 is 1.35 bits per heavy atom. The van der Waals surface area contributed by atoms with E-state index in [1.807, 2.05) is 0 Å².